The molecule has 0 amide bonds. The number of aromatic amines is 1. The maximum Gasteiger partial charge on any atom is 0.158 e. The summed E-state index contributed by atoms with van der Waals surface area (Å²) < 4.78 is 12.9. The number of halogens is 3. The number of piperidine rings is 1. The van der Waals surface area contributed by atoms with E-state index >= 15 is 0 Å². The number of hydrogen-bond acceptors (Lipinski definition) is 3. The van der Waals surface area contributed by atoms with E-state index in [2.05, 4.69) is 27.2 Å². The summed E-state index contributed by atoms with van der Waals surface area (Å²) in [6, 6.07) is 2.96. The molecule has 1 aliphatic heterocycles. The highest BCUT2D eigenvalue weighted by molar-refractivity contribution is 6.30. The molecule has 3 heterocycles. The van der Waals surface area contributed by atoms with E-state index in [0.29, 0.717) is 28.5 Å². The number of H-pyrrole nitrogens is 1. The molecule has 0 radical (unpaired) electrons. The van der Waals surface area contributed by atoms with Gasteiger partial charge in [0.05, 0.1) is 11.9 Å². The quantitative estimate of drug-likeness (QED) is 0.887. The van der Waals surface area contributed by atoms with Crippen molar-refractivity contribution in [1.29, 1.82) is 0 Å². The van der Waals surface area contributed by atoms with E-state index in [0.717, 1.165) is 25.2 Å². The molecule has 0 aromatic carbocycles. The molecule has 2 aromatic heterocycles. The van der Waals surface area contributed by atoms with Crippen LogP contribution in [0.2, 0.25) is 5.15 Å². The van der Waals surface area contributed by atoms with Crippen molar-refractivity contribution >= 4 is 24.0 Å². The molecule has 0 aliphatic carbocycles. The molecule has 2 atom stereocenters. The minimum Gasteiger partial charge on any atom is -0.339 e. The minimum atomic E-state index is -0.362. The second-order valence-electron chi connectivity index (χ2n) is 5.23. The third kappa shape index (κ3) is 3.36. The van der Waals surface area contributed by atoms with Gasteiger partial charge in [-0.05, 0) is 37.6 Å². The first-order chi connectivity index (χ1) is 9.65. The van der Waals surface area contributed by atoms with Gasteiger partial charge in [0.1, 0.15) is 11.5 Å². The number of pyridine rings is 1. The Kier molecular flexibility index (Phi) is 5.19. The number of aromatic nitrogens is 3. The summed E-state index contributed by atoms with van der Waals surface area (Å²) in [4.78, 5) is 11.6. The Hall–Kier alpha value is -1.17. The first-order valence-corrected chi connectivity index (χ1v) is 7.11. The lowest BCUT2D eigenvalue weighted by molar-refractivity contribution is 0.345. The molecule has 0 saturated carbocycles. The van der Waals surface area contributed by atoms with Crippen molar-refractivity contribution < 1.29 is 4.39 Å². The minimum absolute atomic E-state index is 0. The second kappa shape index (κ2) is 6.73. The lowest BCUT2D eigenvalue weighted by Crippen LogP contribution is -2.34. The molecule has 114 valence electrons. The van der Waals surface area contributed by atoms with Crippen molar-refractivity contribution in [2.24, 2.45) is 5.92 Å². The number of rotatable bonds is 2. The third-order valence-corrected chi connectivity index (χ3v) is 4.10. The highest BCUT2D eigenvalue weighted by Gasteiger charge is 2.27. The van der Waals surface area contributed by atoms with E-state index in [1.807, 2.05) is 0 Å². The molecule has 1 saturated heterocycles. The summed E-state index contributed by atoms with van der Waals surface area (Å²) in [5.41, 5.74) is 1.56. The van der Waals surface area contributed by atoms with Crippen molar-refractivity contribution in [2.75, 3.05) is 13.1 Å². The summed E-state index contributed by atoms with van der Waals surface area (Å²) in [6.45, 7) is 4.16. The standard InChI is InChI=1S/C14H16ClFN4.ClH/c1-8-6-17-5-4-10(8)12-13(15)20-14(19-12)11-3-2-9(16)7-18-11;/h2-3,7-8,10,17H,4-6H2,1H3,(H,19,20);1H. The van der Waals surface area contributed by atoms with E-state index in [4.69, 9.17) is 11.6 Å². The maximum atomic E-state index is 12.9. The molecule has 1 aliphatic rings. The fourth-order valence-electron chi connectivity index (χ4n) is 2.69. The largest absolute Gasteiger partial charge is 0.339 e. The van der Waals surface area contributed by atoms with Gasteiger partial charge in [-0.3, -0.25) is 0 Å². The topological polar surface area (TPSA) is 53.6 Å². The van der Waals surface area contributed by atoms with Crippen LogP contribution in [0.4, 0.5) is 4.39 Å². The summed E-state index contributed by atoms with van der Waals surface area (Å²) in [6.07, 6.45) is 2.21. The maximum absolute atomic E-state index is 12.9. The molecule has 0 spiro atoms. The smallest absolute Gasteiger partial charge is 0.158 e. The first kappa shape index (κ1) is 16.2. The Labute approximate surface area is 133 Å². The fraction of sp³-hybridized carbons (Fsp3) is 0.429. The Balaban J connectivity index is 0.00000161. The average Bonchev–Trinajstić information content (AvgIpc) is 2.82. The van der Waals surface area contributed by atoms with Gasteiger partial charge in [-0.25, -0.2) is 14.4 Å². The monoisotopic (exact) mass is 330 g/mol. The fourth-order valence-corrected chi connectivity index (χ4v) is 2.96. The van der Waals surface area contributed by atoms with Gasteiger partial charge in [-0.15, -0.1) is 12.4 Å². The van der Waals surface area contributed by atoms with Crippen LogP contribution in [0.25, 0.3) is 11.5 Å². The summed E-state index contributed by atoms with van der Waals surface area (Å²) >= 11 is 6.26. The van der Waals surface area contributed by atoms with Gasteiger partial charge in [-0.1, -0.05) is 18.5 Å². The van der Waals surface area contributed by atoms with Crippen LogP contribution in [0, 0.1) is 11.7 Å². The van der Waals surface area contributed by atoms with Crippen LogP contribution in [0.15, 0.2) is 18.3 Å². The molecule has 2 aromatic rings. The summed E-state index contributed by atoms with van der Waals surface area (Å²) in [5.74, 6) is 1.09. The lowest BCUT2D eigenvalue weighted by Gasteiger charge is -2.28. The molecule has 2 N–H and O–H groups in total. The van der Waals surface area contributed by atoms with E-state index in [1.54, 1.807) is 6.07 Å². The number of hydrogen-bond donors (Lipinski definition) is 2. The summed E-state index contributed by atoms with van der Waals surface area (Å²) in [5, 5.41) is 3.86. The Bertz CT molecular complexity index is 600. The zero-order valence-corrected chi connectivity index (χ0v) is 13.1. The molecule has 2 unspecified atom stereocenters. The van der Waals surface area contributed by atoms with Crippen molar-refractivity contribution in [3.05, 3.63) is 35.0 Å². The predicted octanol–water partition coefficient (Wildman–Crippen LogP) is 3.40. The molecule has 7 heteroatoms. The summed E-state index contributed by atoms with van der Waals surface area (Å²) in [7, 11) is 0. The Morgan fingerprint density at radius 3 is 2.86 bits per heavy atom. The lowest BCUT2D eigenvalue weighted by atomic mass is 9.86. The molecule has 21 heavy (non-hydrogen) atoms. The van der Waals surface area contributed by atoms with Gasteiger partial charge in [0, 0.05) is 5.92 Å². The normalized spacial score (nSPS) is 21.9. The van der Waals surface area contributed by atoms with E-state index in [1.165, 1.54) is 12.3 Å². The predicted molar refractivity (Wildman–Crippen MR) is 83.4 cm³/mol. The van der Waals surface area contributed by atoms with E-state index in [9.17, 15) is 4.39 Å². The van der Waals surface area contributed by atoms with Crippen LogP contribution < -0.4 is 5.32 Å². The van der Waals surface area contributed by atoms with Crippen molar-refractivity contribution in [3.8, 4) is 11.5 Å². The van der Waals surface area contributed by atoms with Gasteiger partial charge in [0.25, 0.3) is 0 Å². The third-order valence-electron chi connectivity index (χ3n) is 3.81. The van der Waals surface area contributed by atoms with Crippen LogP contribution in [-0.4, -0.2) is 28.0 Å². The Morgan fingerprint density at radius 1 is 1.38 bits per heavy atom. The highest BCUT2D eigenvalue weighted by atomic mass is 35.5. The van der Waals surface area contributed by atoms with E-state index in [-0.39, 0.29) is 18.2 Å². The van der Waals surface area contributed by atoms with Crippen LogP contribution in [0.1, 0.15) is 25.0 Å². The highest BCUT2D eigenvalue weighted by Crippen LogP contribution is 2.34. The SMILES string of the molecule is CC1CNCCC1c1[nH]c(-c2ccc(F)cn2)nc1Cl.Cl. The average molecular weight is 331 g/mol. The number of nitrogens with zero attached hydrogens (tertiary/aromatic N) is 2. The van der Waals surface area contributed by atoms with Crippen molar-refractivity contribution in [2.45, 2.75) is 19.3 Å². The van der Waals surface area contributed by atoms with Crippen LogP contribution in [0.5, 0.6) is 0 Å². The van der Waals surface area contributed by atoms with Crippen LogP contribution in [-0.2, 0) is 0 Å². The van der Waals surface area contributed by atoms with Crippen LogP contribution >= 0.6 is 24.0 Å². The van der Waals surface area contributed by atoms with Gasteiger partial charge in [-0.2, -0.15) is 0 Å². The zero-order chi connectivity index (χ0) is 14.1. The number of imidazole rings is 1. The number of nitrogens with one attached hydrogen (secondary N) is 2. The van der Waals surface area contributed by atoms with Crippen LogP contribution in [0.3, 0.4) is 0 Å². The molecule has 0 bridgehead atoms. The molecular formula is C14H17Cl2FN4. The Morgan fingerprint density at radius 2 is 2.19 bits per heavy atom. The van der Waals surface area contributed by atoms with Gasteiger partial charge in [0.15, 0.2) is 11.0 Å². The molecule has 4 nitrogen and oxygen atoms in total. The van der Waals surface area contributed by atoms with Gasteiger partial charge in [0.2, 0.25) is 0 Å². The van der Waals surface area contributed by atoms with Gasteiger partial charge < -0.3 is 10.3 Å². The molecule has 1 fully saturated rings. The molecular weight excluding hydrogens is 314 g/mol. The zero-order valence-electron chi connectivity index (χ0n) is 11.6. The first-order valence-electron chi connectivity index (χ1n) is 6.73. The van der Waals surface area contributed by atoms with Gasteiger partial charge >= 0.3 is 0 Å². The molecule has 3 rings (SSSR count). The second-order valence-corrected chi connectivity index (χ2v) is 5.59. The van der Waals surface area contributed by atoms with E-state index < -0.39 is 0 Å². The van der Waals surface area contributed by atoms with Crippen molar-refractivity contribution in [3.63, 3.8) is 0 Å². The van der Waals surface area contributed by atoms with Crippen molar-refractivity contribution in [1.82, 2.24) is 20.3 Å².